The normalized spacial score (nSPS) is 22.3. The third-order valence-electron chi connectivity index (χ3n) is 3.08. The Morgan fingerprint density at radius 3 is 2.58 bits per heavy atom. The van der Waals surface area contributed by atoms with Crippen LogP contribution >= 0.6 is 0 Å². The van der Waals surface area contributed by atoms with Crippen molar-refractivity contribution in [2.24, 2.45) is 0 Å². The van der Waals surface area contributed by atoms with Crippen LogP contribution in [-0.4, -0.2) is 55.9 Å². The maximum absolute atomic E-state index is 11.9. The van der Waals surface area contributed by atoms with E-state index in [0.717, 1.165) is 0 Å². The molecule has 0 aliphatic carbocycles. The van der Waals surface area contributed by atoms with Gasteiger partial charge in [0.1, 0.15) is 12.5 Å². The maximum atomic E-state index is 11.9. The average Bonchev–Trinajstić information content (AvgIpc) is 2.69. The van der Waals surface area contributed by atoms with E-state index in [-0.39, 0.29) is 17.9 Å². The molecule has 1 rings (SSSR count). The summed E-state index contributed by atoms with van der Waals surface area (Å²) in [6.45, 7) is 1.46. The molecule has 2 atom stereocenters. The molecule has 0 aromatic rings. The first-order chi connectivity index (χ1) is 8.82. The molecule has 106 valence electrons. The second kappa shape index (κ2) is 6.02. The summed E-state index contributed by atoms with van der Waals surface area (Å²) in [5.41, 5.74) is 0. The summed E-state index contributed by atoms with van der Waals surface area (Å²) in [6.07, 6.45) is -0.112. The highest BCUT2D eigenvalue weighted by molar-refractivity contribution is 7.91. The minimum absolute atomic E-state index is 0.0120. The van der Waals surface area contributed by atoms with Crippen molar-refractivity contribution in [2.75, 3.05) is 18.6 Å². The van der Waals surface area contributed by atoms with Crippen LogP contribution in [0.15, 0.2) is 0 Å². The molecule has 1 aliphatic rings. The lowest BCUT2D eigenvalue weighted by Gasteiger charge is -2.31. The van der Waals surface area contributed by atoms with Crippen molar-refractivity contribution in [3.8, 4) is 6.07 Å². The van der Waals surface area contributed by atoms with Crippen LogP contribution in [-0.2, 0) is 24.2 Å². The van der Waals surface area contributed by atoms with Crippen molar-refractivity contribution in [1.29, 1.82) is 5.26 Å². The molecule has 1 heterocycles. The lowest BCUT2D eigenvalue weighted by Crippen LogP contribution is -2.50. The molecule has 0 spiro atoms. The van der Waals surface area contributed by atoms with Gasteiger partial charge in [-0.15, -0.1) is 0 Å². The van der Waals surface area contributed by atoms with Gasteiger partial charge >= 0.3 is 5.97 Å². The number of rotatable bonds is 4. The summed E-state index contributed by atoms with van der Waals surface area (Å²) >= 11 is 0. The lowest BCUT2D eigenvalue weighted by atomic mass is 10.1. The van der Waals surface area contributed by atoms with E-state index in [1.165, 1.54) is 18.9 Å². The molecule has 8 heteroatoms. The minimum atomic E-state index is -3.18. The largest absolute Gasteiger partial charge is 0.467 e. The molecule has 0 N–H and O–H groups in total. The minimum Gasteiger partial charge on any atom is -0.467 e. The Bertz CT molecular complexity index is 508. The fourth-order valence-corrected chi connectivity index (χ4v) is 3.89. The highest BCUT2D eigenvalue weighted by atomic mass is 32.2. The zero-order chi connectivity index (χ0) is 14.6. The summed E-state index contributed by atoms with van der Waals surface area (Å²) in [5, 5.41) is 8.58. The molecule has 7 nitrogen and oxygen atoms in total. The van der Waals surface area contributed by atoms with E-state index in [9.17, 15) is 18.0 Å². The Kier molecular flexibility index (Phi) is 4.89. The van der Waals surface area contributed by atoms with Gasteiger partial charge in [-0.1, -0.05) is 0 Å². The van der Waals surface area contributed by atoms with E-state index in [1.807, 2.05) is 0 Å². The first kappa shape index (κ1) is 15.4. The maximum Gasteiger partial charge on any atom is 0.328 e. The Labute approximate surface area is 112 Å². The van der Waals surface area contributed by atoms with Crippen LogP contribution in [0.5, 0.6) is 0 Å². The Morgan fingerprint density at radius 2 is 2.16 bits per heavy atom. The van der Waals surface area contributed by atoms with Crippen LogP contribution in [0.2, 0.25) is 0 Å². The monoisotopic (exact) mass is 288 g/mol. The van der Waals surface area contributed by atoms with Gasteiger partial charge in [0.15, 0.2) is 9.84 Å². The topological polar surface area (TPSA) is 105 Å². The zero-order valence-corrected chi connectivity index (χ0v) is 11.6. The van der Waals surface area contributed by atoms with E-state index >= 15 is 0 Å². The van der Waals surface area contributed by atoms with Crippen molar-refractivity contribution < 1.29 is 22.7 Å². The van der Waals surface area contributed by atoms with Crippen LogP contribution in [0.1, 0.15) is 19.8 Å². The fraction of sp³-hybridized carbons (Fsp3) is 0.727. The standard InChI is InChI=1S/C11H16N2O5S/c1-8(11(15)18-2)13(10(14)3-5-12)9-4-6-19(16,17)7-9/h8-9H,3-4,6-7H2,1-2H3/t8-,9+/m1/s1. The Morgan fingerprint density at radius 1 is 1.53 bits per heavy atom. The number of nitrogens with zero attached hydrogens (tertiary/aromatic N) is 2. The summed E-state index contributed by atoms with van der Waals surface area (Å²) in [5.74, 6) is -1.37. The summed E-state index contributed by atoms with van der Waals surface area (Å²) < 4.78 is 27.5. The highest BCUT2D eigenvalue weighted by Crippen LogP contribution is 2.21. The Balaban J connectivity index is 2.97. The van der Waals surface area contributed by atoms with E-state index in [4.69, 9.17) is 5.26 Å². The lowest BCUT2D eigenvalue weighted by molar-refractivity contribution is -0.153. The van der Waals surface area contributed by atoms with Crippen LogP contribution in [0.25, 0.3) is 0 Å². The molecule has 0 aromatic heterocycles. The molecule has 1 aliphatic heterocycles. The van der Waals surface area contributed by atoms with Gasteiger partial charge in [-0.25, -0.2) is 13.2 Å². The van der Waals surface area contributed by atoms with Gasteiger partial charge in [0, 0.05) is 6.04 Å². The third-order valence-corrected chi connectivity index (χ3v) is 4.83. The first-order valence-electron chi connectivity index (χ1n) is 5.78. The van der Waals surface area contributed by atoms with Gasteiger partial charge in [-0.05, 0) is 13.3 Å². The molecular weight excluding hydrogens is 272 g/mol. The second-order valence-electron chi connectivity index (χ2n) is 4.39. The van der Waals surface area contributed by atoms with Crippen molar-refractivity contribution in [3.05, 3.63) is 0 Å². The van der Waals surface area contributed by atoms with Gasteiger partial charge in [0.05, 0.1) is 24.7 Å². The van der Waals surface area contributed by atoms with Crippen LogP contribution in [0.3, 0.4) is 0 Å². The number of methoxy groups -OCH3 is 1. The SMILES string of the molecule is COC(=O)[C@@H](C)N(C(=O)CC#N)[C@H]1CCS(=O)(=O)C1. The summed E-state index contributed by atoms with van der Waals surface area (Å²) in [6, 6.07) is 0.243. The molecule has 0 saturated carbocycles. The number of ether oxygens (including phenoxy) is 1. The predicted octanol–water partition coefficient (Wildman–Crippen LogP) is -0.523. The quantitative estimate of drug-likeness (QED) is 0.644. The number of nitriles is 1. The van der Waals surface area contributed by atoms with E-state index in [0.29, 0.717) is 0 Å². The van der Waals surface area contributed by atoms with Crippen molar-refractivity contribution in [2.45, 2.75) is 31.8 Å². The third kappa shape index (κ3) is 3.67. The first-order valence-corrected chi connectivity index (χ1v) is 7.61. The molecular formula is C11H16N2O5S. The van der Waals surface area contributed by atoms with Crippen molar-refractivity contribution >= 4 is 21.7 Å². The van der Waals surface area contributed by atoms with Crippen molar-refractivity contribution in [3.63, 3.8) is 0 Å². The molecule has 1 saturated heterocycles. The summed E-state index contributed by atoms with van der Waals surface area (Å²) in [7, 11) is -1.99. The number of amides is 1. The number of hydrogen-bond donors (Lipinski definition) is 0. The number of sulfone groups is 1. The fourth-order valence-electron chi connectivity index (χ4n) is 2.17. The van der Waals surface area contributed by atoms with Gasteiger partial charge in [0.25, 0.3) is 0 Å². The van der Waals surface area contributed by atoms with E-state index in [1.54, 1.807) is 6.07 Å². The molecule has 1 amide bonds. The number of carbonyl (C=O) groups excluding carboxylic acids is 2. The Hall–Kier alpha value is -1.62. The second-order valence-corrected chi connectivity index (χ2v) is 6.62. The summed E-state index contributed by atoms with van der Waals surface area (Å²) in [4.78, 5) is 24.6. The van der Waals surface area contributed by atoms with Crippen LogP contribution in [0, 0.1) is 11.3 Å². The molecule has 19 heavy (non-hydrogen) atoms. The predicted molar refractivity (Wildman–Crippen MR) is 65.6 cm³/mol. The van der Waals surface area contributed by atoms with Gasteiger partial charge in [-0.3, -0.25) is 4.79 Å². The van der Waals surface area contributed by atoms with Gasteiger partial charge in [-0.2, -0.15) is 5.26 Å². The van der Waals surface area contributed by atoms with E-state index < -0.39 is 40.2 Å². The molecule has 0 radical (unpaired) electrons. The van der Waals surface area contributed by atoms with Crippen LogP contribution < -0.4 is 0 Å². The van der Waals surface area contributed by atoms with E-state index in [2.05, 4.69) is 4.74 Å². The molecule has 1 fully saturated rings. The van der Waals surface area contributed by atoms with Gasteiger partial charge < -0.3 is 9.64 Å². The molecule has 0 bridgehead atoms. The smallest absolute Gasteiger partial charge is 0.328 e. The average molecular weight is 288 g/mol. The van der Waals surface area contributed by atoms with Crippen molar-refractivity contribution in [1.82, 2.24) is 4.90 Å². The highest BCUT2D eigenvalue weighted by Gasteiger charge is 2.39. The number of carbonyl (C=O) groups is 2. The zero-order valence-electron chi connectivity index (χ0n) is 10.8. The molecule has 0 unspecified atom stereocenters. The number of hydrogen-bond acceptors (Lipinski definition) is 6. The number of esters is 1. The van der Waals surface area contributed by atoms with Crippen LogP contribution in [0.4, 0.5) is 0 Å². The molecule has 0 aromatic carbocycles. The van der Waals surface area contributed by atoms with Gasteiger partial charge in [0.2, 0.25) is 5.91 Å².